The van der Waals surface area contributed by atoms with Crippen molar-refractivity contribution in [1.82, 2.24) is 4.57 Å². The number of rotatable bonds is 4. The molecule has 1 amide bonds. The van der Waals surface area contributed by atoms with E-state index < -0.39 is 0 Å². The Bertz CT molecular complexity index is 918. The summed E-state index contributed by atoms with van der Waals surface area (Å²) >= 11 is 0. The SMILES string of the molecule is COc1ccc(NC(=O)c2cc3ccc(F)cc3n2C)cc1OC. The topological polar surface area (TPSA) is 52.5 Å². The zero-order chi connectivity index (χ0) is 17.3. The van der Waals surface area contributed by atoms with E-state index in [1.54, 1.807) is 49.1 Å². The van der Waals surface area contributed by atoms with Crippen molar-refractivity contribution in [3.8, 4) is 11.5 Å². The minimum Gasteiger partial charge on any atom is -0.493 e. The molecule has 0 spiro atoms. The molecule has 24 heavy (non-hydrogen) atoms. The summed E-state index contributed by atoms with van der Waals surface area (Å²) in [7, 11) is 4.80. The Morgan fingerprint density at radius 1 is 1.04 bits per heavy atom. The summed E-state index contributed by atoms with van der Waals surface area (Å²) in [6.07, 6.45) is 0. The fraction of sp³-hybridized carbons (Fsp3) is 0.167. The number of amides is 1. The number of benzene rings is 2. The lowest BCUT2D eigenvalue weighted by molar-refractivity contribution is 0.101. The molecular weight excluding hydrogens is 311 g/mol. The van der Waals surface area contributed by atoms with Crippen molar-refractivity contribution in [2.24, 2.45) is 7.05 Å². The summed E-state index contributed by atoms with van der Waals surface area (Å²) in [6, 6.07) is 11.3. The zero-order valence-corrected chi connectivity index (χ0v) is 13.6. The van der Waals surface area contributed by atoms with E-state index in [2.05, 4.69) is 5.32 Å². The van der Waals surface area contributed by atoms with Crippen LogP contribution in [0.2, 0.25) is 0 Å². The quantitative estimate of drug-likeness (QED) is 0.796. The molecular formula is C18H17FN2O3. The van der Waals surface area contributed by atoms with Crippen molar-refractivity contribution in [3.05, 3.63) is 54.0 Å². The van der Waals surface area contributed by atoms with Gasteiger partial charge in [-0.3, -0.25) is 4.79 Å². The van der Waals surface area contributed by atoms with E-state index in [1.165, 1.54) is 19.2 Å². The van der Waals surface area contributed by atoms with Crippen LogP contribution >= 0.6 is 0 Å². The van der Waals surface area contributed by atoms with E-state index in [4.69, 9.17) is 9.47 Å². The minimum atomic E-state index is -0.337. The Hall–Kier alpha value is -3.02. The highest BCUT2D eigenvalue weighted by Crippen LogP contribution is 2.30. The molecule has 0 atom stereocenters. The van der Waals surface area contributed by atoms with Crippen molar-refractivity contribution < 1.29 is 18.7 Å². The number of nitrogens with zero attached hydrogens (tertiary/aromatic N) is 1. The predicted octanol–water partition coefficient (Wildman–Crippen LogP) is 3.59. The van der Waals surface area contributed by atoms with Crippen LogP contribution < -0.4 is 14.8 Å². The summed E-state index contributed by atoms with van der Waals surface area (Å²) in [5.41, 5.74) is 1.67. The first-order valence-electron chi connectivity index (χ1n) is 7.32. The van der Waals surface area contributed by atoms with Gasteiger partial charge < -0.3 is 19.4 Å². The molecule has 2 aromatic carbocycles. The maximum Gasteiger partial charge on any atom is 0.272 e. The van der Waals surface area contributed by atoms with Crippen LogP contribution in [0.4, 0.5) is 10.1 Å². The summed E-state index contributed by atoms with van der Waals surface area (Å²) in [5.74, 6) is 0.474. The van der Waals surface area contributed by atoms with Crippen LogP contribution in [0.25, 0.3) is 10.9 Å². The molecule has 3 aromatic rings. The molecule has 0 saturated carbocycles. The molecule has 1 aromatic heterocycles. The van der Waals surface area contributed by atoms with Crippen molar-refractivity contribution in [2.45, 2.75) is 0 Å². The number of aromatic nitrogens is 1. The Morgan fingerprint density at radius 3 is 2.50 bits per heavy atom. The molecule has 0 bridgehead atoms. The van der Waals surface area contributed by atoms with Gasteiger partial charge in [0.25, 0.3) is 5.91 Å². The molecule has 0 aliphatic rings. The summed E-state index contributed by atoms with van der Waals surface area (Å²) in [6.45, 7) is 0. The van der Waals surface area contributed by atoms with Gasteiger partial charge in [-0.15, -0.1) is 0 Å². The highest BCUT2D eigenvalue weighted by atomic mass is 19.1. The van der Waals surface area contributed by atoms with Gasteiger partial charge in [0.15, 0.2) is 11.5 Å². The van der Waals surface area contributed by atoms with E-state index in [0.29, 0.717) is 28.4 Å². The normalized spacial score (nSPS) is 10.7. The van der Waals surface area contributed by atoms with Crippen molar-refractivity contribution >= 4 is 22.5 Å². The molecule has 1 N–H and O–H groups in total. The molecule has 0 radical (unpaired) electrons. The van der Waals surface area contributed by atoms with Gasteiger partial charge in [0, 0.05) is 24.2 Å². The van der Waals surface area contributed by atoms with Gasteiger partial charge in [0.1, 0.15) is 11.5 Å². The maximum absolute atomic E-state index is 13.4. The standard InChI is InChI=1S/C18H17FN2O3/c1-21-14-9-12(19)5-4-11(14)8-15(21)18(22)20-13-6-7-16(23-2)17(10-13)24-3/h4-10H,1-3H3,(H,20,22). The minimum absolute atomic E-state index is 0.290. The summed E-state index contributed by atoms with van der Waals surface area (Å²) < 4.78 is 25.4. The maximum atomic E-state index is 13.4. The number of fused-ring (bicyclic) bond motifs is 1. The van der Waals surface area contributed by atoms with Gasteiger partial charge in [-0.25, -0.2) is 4.39 Å². The number of ether oxygens (including phenoxy) is 2. The first-order chi connectivity index (χ1) is 11.5. The second-order valence-electron chi connectivity index (χ2n) is 5.32. The van der Waals surface area contributed by atoms with Gasteiger partial charge in [0.2, 0.25) is 0 Å². The molecule has 0 aliphatic heterocycles. The third kappa shape index (κ3) is 2.78. The van der Waals surface area contributed by atoms with Crippen LogP contribution in [0.3, 0.4) is 0 Å². The van der Waals surface area contributed by atoms with Crippen LogP contribution in [0, 0.1) is 5.82 Å². The van der Waals surface area contributed by atoms with Crippen molar-refractivity contribution in [3.63, 3.8) is 0 Å². The highest BCUT2D eigenvalue weighted by molar-refractivity contribution is 6.06. The van der Waals surface area contributed by atoms with Crippen LogP contribution in [0.15, 0.2) is 42.5 Å². The second-order valence-corrected chi connectivity index (χ2v) is 5.32. The number of hydrogen-bond donors (Lipinski definition) is 1. The van der Waals surface area contributed by atoms with Gasteiger partial charge >= 0.3 is 0 Å². The van der Waals surface area contributed by atoms with Crippen molar-refractivity contribution in [1.29, 1.82) is 0 Å². The highest BCUT2D eigenvalue weighted by Gasteiger charge is 2.15. The molecule has 124 valence electrons. The van der Waals surface area contributed by atoms with E-state index in [0.717, 1.165) is 5.39 Å². The van der Waals surface area contributed by atoms with E-state index in [9.17, 15) is 9.18 Å². The lowest BCUT2D eigenvalue weighted by atomic mass is 10.2. The van der Waals surface area contributed by atoms with Crippen molar-refractivity contribution in [2.75, 3.05) is 19.5 Å². The largest absolute Gasteiger partial charge is 0.493 e. The van der Waals surface area contributed by atoms with Crippen LogP contribution in [-0.4, -0.2) is 24.7 Å². The lowest BCUT2D eigenvalue weighted by Crippen LogP contribution is -2.15. The monoisotopic (exact) mass is 328 g/mol. The van der Waals surface area contributed by atoms with Gasteiger partial charge in [-0.1, -0.05) is 0 Å². The molecule has 0 aliphatic carbocycles. The summed E-state index contributed by atoms with van der Waals surface area (Å²) in [5, 5.41) is 3.61. The smallest absolute Gasteiger partial charge is 0.272 e. The number of hydrogen-bond acceptors (Lipinski definition) is 3. The Labute approximate surface area is 138 Å². The number of carbonyl (C=O) groups excluding carboxylic acids is 1. The molecule has 1 heterocycles. The second kappa shape index (κ2) is 6.23. The average molecular weight is 328 g/mol. The van der Waals surface area contributed by atoms with Crippen LogP contribution in [0.5, 0.6) is 11.5 Å². The lowest BCUT2D eigenvalue weighted by Gasteiger charge is -2.11. The number of carbonyl (C=O) groups is 1. The Kier molecular flexibility index (Phi) is 4.12. The zero-order valence-electron chi connectivity index (χ0n) is 13.6. The number of methoxy groups -OCH3 is 2. The van der Waals surface area contributed by atoms with Gasteiger partial charge in [0.05, 0.1) is 19.7 Å². The molecule has 0 unspecified atom stereocenters. The molecule has 3 rings (SSSR count). The fourth-order valence-corrected chi connectivity index (χ4v) is 2.63. The number of nitrogens with one attached hydrogen (secondary N) is 1. The number of anilines is 1. The Balaban J connectivity index is 1.91. The third-order valence-corrected chi connectivity index (χ3v) is 3.88. The first kappa shape index (κ1) is 15.9. The average Bonchev–Trinajstić information content (AvgIpc) is 2.91. The van der Waals surface area contributed by atoms with Gasteiger partial charge in [-0.2, -0.15) is 0 Å². The molecule has 6 heteroatoms. The molecule has 5 nitrogen and oxygen atoms in total. The van der Waals surface area contributed by atoms with E-state index in [-0.39, 0.29) is 11.7 Å². The molecule has 0 fully saturated rings. The third-order valence-electron chi connectivity index (χ3n) is 3.88. The fourth-order valence-electron chi connectivity index (χ4n) is 2.63. The van der Waals surface area contributed by atoms with E-state index in [1.807, 2.05) is 0 Å². The first-order valence-corrected chi connectivity index (χ1v) is 7.32. The van der Waals surface area contributed by atoms with Crippen LogP contribution in [0.1, 0.15) is 10.5 Å². The van der Waals surface area contributed by atoms with Gasteiger partial charge in [-0.05, 0) is 36.4 Å². The number of halogens is 1. The predicted molar refractivity (Wildman–Crippen MR) is 90.4 cm³/mol. The van der Waals surface area contributed by atoms with E-state index >= 15 is 0 Å². The Morgan fingerprint density at radius 2 is 1.79 bits per heavy atom. The number of aryl methyl sites for hydroxylation is 1. The molecule has 0 saturated heterocycles. The van der Waals surface area contributed by atoms with Crippen LogP contribution in [-0.2, 0) is 7.05 Å². The summed E-state index contributed by atoms with van der Waals surface area (Å²) in [4.78, 5) is 12.5.